The number of carbonyl (C=O) groups is 2. The molecule has 1 aliphatic rings. The van der Waals surface area contributed by atoms with Gasteiger partial charge in [0.1, 0.15) is 23.1 Å². The van der Waals surface area contributed by atoms with Gasteiger partial charge in [0.2, 0.25) is 5.78 Å². The van der Waals surface area contributed by atoms with E-state index in [-0.39, 0.29) is 11.3 Å². The van der Waals surface area contributed by atoms with Crippen LogP contribution in [-0.2, 0) is 4.79 Å². The van der Waals surface area contributed by atoms with Gasteiger partial charge in [-0.3, -0.25) is 14.5 Å². The lowest BCUT2D eigenvalue weighted by molar-refractivity contribution is -0.117. The number of furan rings is 2. The van der Waals surface area contributed by atoms with Gasteiger partial charge in [-0.25, -0.2) is 0 Å². The van der Waals surface area contributed by atoms with Crippen LogP contribution in [-0.4, -0.2) is 23.4 Å². The van der Waals surface area contributed by atoms with E-state index in [2.05, 4.69) is 15.9 Å². The first-order chi connectivity index (χ1) is 16.0. The number of fused-ring (bicyclic) bond motifs is 1. The van der Waals surface area contributed by atoms with E-state index < -0.39 is 23.5 Å². The van der Waals surface area contributed by atoms with E-state index in [4.69, 9.17) is 13.6 Å². The predicted octanol–water partition coefficient (Wildman–Crippen LogP) is 5.97. The van der Waals surface area contributed by atoms with Gasteiger partial charge < -0.3 is 18.7 Å². The number of halogens is 1. The Morgan fingerprint density at radius 1 is 1.15 bits per heavy atom. The number of benzene rings is 2. The Morgan fingerprint density at radius 3 is 2.64 bits per heavy atom. The molecule has 0 fully saturated rings. The molecule has 33 heavy (non-hydrogen) atoms. The maximum absolute atomic E-state index is 13.5. The Hall–Kier alpha value is -3.78. The molecule has 1 aliphatic heterocycles. The Labute approximate surface area is 197 Å². The Morgan fingerprint density at radius 2 is 1.94 bits per heavy atom. The number of Topliss-reactive ketones (excluding diaryl/α,β-unsaturated/α-hetero) is 1. The smallest absolute Gasteiger partial charge is 0.294 e. The first-order valence-corrected chi connectivity index (χ1v) is 11.0. The highest BCUT2D eigenvalue weighted by atomic mass is 79.9. The highest BCUT2D eigenvalue weighted by Crippen LogP contribution is 2.42. The SMILES string of the molecule is CCOc1ccc(N2C(=O)C(O)=C(C(=O)c3cc4cc(Br)ccc4o3)C2c2ccco2)cc1. The summed E-state index contributed by atoms with van der Waals surface area (Å²) in [5, 5.41) is 11.5. The third-order valence-electron chi connectivity index (χ3n) is 5.39. The average molecular weight is 508 g/mol. The quantitative estimate of drug-likeness (QED) is 0.323. The third-order valence-corrected chi connectivity index (χ3v) is 5.89. The van der Waals surface area contributed by atoms with Crippen LogP contribution in [0, 0.1) is 0 Å². The lowest BCUT2D eigenvalue weighted by Gasteiger charge is -2.25. The number of anilines is 1. The number of ether oxygens (including phenoxy) is 1. The first-order valence-electron chi connectivity index (χ1n) is 10.2. The monoisotopic (exact) mass is 507 g/mol. The van der Waals surface area contributed by atoms with Crippen LogP contribution in [0.3, 0.4) is 0 Å². The summed E-state index contributed by atoms with van der Waals surface area (Å²) in [6, 6.07) is 16.1. The second-order valence-electron chi connectivity index (χ2n) is 7.40. The summed E-state index contributed by atoms with van der Waals surface area (Å²) in [6.07, 6.45) is 1.45. The molecule has 0 saturated heterocycles. The summed E-state index contributed by atoms with van der Waals surface area (Å²) in [5.41, 5.74) is 0.888. The van der Waals surface area contributed by atoms with Crippen molar-refractivity contribution in [1.82, 2.24) is 0 Å². The molecular formula is C25H18BrNO6. The Bertz CT molecular complexity index is 1380. The number of nitrogens with zero attached hydrogens (tertiary/aromatic N) is 1. The zero-order chi connectivity index (χ0) is 23.1. The van der Waals surface area contributed by atoms with Gasteiger partial charge in [0.15, 0.2) is 11.5 Å². The van der Waals surface area contributed by atoms with Crippen LogP contribution < -0.4 is 9.64 Å². The largest absolute Gasteiger partial charge is 0.503 e. The van der Waals surface area contributed by atoms with E-state index in [1.165, 1.54) is 11.2 Å². The molecule has 1 atom stereocenters. The number of aliphatic hydroxyl groups is 1. The standard InChI is InChI=1S/C25H18BrNO6/c1-2-31-17-8-6-16(7-9-17)27-22(19-4-3-11-32-19)21(24(29)25(27)30)23(28)20-13-14-12-15(26)5-10-18(14)33-20/h3-13,22,29H,2H2,1H3. The predicted molar refractivity (Wildman–Crippen MR) is 124 cm³/mol. The second kappa shape index (κ2) is 8.29. The van der Waals surface area contributed by atoms with Gasteiger partial charge in [0.25, 0.3) is 5.91 Å². The molecule has 0 aliphatic carbocycles. The van der Waals surface area contributed by atoms with Crippen LogP contribution in [0.1, 0.15) is 29.3 Å². The minimum absolute atomic E-state index is 0.0162. The number of rotatable bonds is 6. The minimum Gasteiger partial charge on any atom is -0.503 e. The van der Waals surface area contributed by atoms with Crippen molar-refractivity contribution in [3.63, 3.8) is 0 Å². The molecule has 0 bridgehead atoms. The zero-order valence-electron chi connectivity index (χ0n) is 17.4. The van der Waals surface area contributed by atoms with Crippen molar-refractivity contribution in [3.05, 3.63) is 94.3 Å². The number of hydrogen-bond donors (Lipinski definition) is 1. The molecule has 2 aromatic heterocycles. The van der Waals surface area contributed by atoms with E-state index in [1.54, 1.807) is 54.6 Å². The molecule has 2 aromatic carbocycles. The molecule has 1 N–H and O–H groups in total. The zero-order valence-corrected chi connectivity index (χ0v) is 19.0. The summed E-state index contributed by atoms with van der Waals surface area (Å²) in [6.45, 7) is 2.38. The van der Waals surface area contributed by atoms with E-state index in [0.717, 1.165) is 9.86 Å². The number of ketones is 1. The van der Waals surface area contributed by atoms with E-state index in [1.807, 2.05) is 13.0 Å². The van der Waals surface area contributed by atoms with Crippen molar-refractivity contribution in [2.24, 2.45) is 0 Å². The maximum Gasteiger partial charge on any atom is 0.294 e. The second-order valence-corrected chi connectivity index (χ2v) is 8.32. The van der Waals surface area contributed by atoms with Crippen molar-refractivity contribution < 1.29 is 28.3 Å². The van der Waals surface area contributed by atoms with Crippen LogP contribution in [0.15, 0.2) is 91.6 Å². The molecule has 166 valence electrons. The van der Waals surface area contributed by atoms with Gasteiger partial charge in [0, 0.05) is 15.5 Å². The number of carbonyl (C=O) groups excluding carboxylic acids is 2. The highest BCUT2D eigenvalue weighted by molar-refractivity contribution is 9.10. The average Bonchev–Trinajstić information content (AvgIpc) is 3.53. The van der Waals surface area contributed by atoms with Gasteiger partial charge in [-0.2, -0.15) is 0 Å². The molecule has 7 nitrogen and oxygen atoms in total. The summed E-state index contributed by atoms with van der Waals surface area (Å²) in [5.74, 6) is -0.946. The molecule has 1 amide bonds. The topological polar surface area (TPSA) is 93.1 Å². The van der Waals surface area contributed by atoms with Crippen LogP contribution in [0.25, 0.3) is 11.0 Å². The number of hydrogen-bond acceptors (Lipinski definition) is 6. The number of amides is 1. The van der Waals surface area contributed by atoms with Crippen molar-refractivity contribution in [2.45, 2.75) is 13.0 Å². The van der Waals surface area contributed by atoms with Gasteiger partial charge in [-0.05, 0) is 67.6 Å². The van der Waals surface area contributed by atoms with Crippen molar-refractivity contribution in [3.8, 4) is 5.75 Å². The van der Waals surface area contributed by atoms with Crippen LogP contribution in [0.5, 0.6) is 5.75 Å². The number of aliphatic hydroxyl groups excluding tert-OH is 1. The van der Waals surface area contributed by atoms with Crippen molar-refractivity contribution in [2.75, 3.05) is 11.5 Å². The van der Waals surface area contributed by atoms with Crippen LogP contribution in [0.2, 0.25) is 0 Å². The molecule has 3 heterocycles. The maximum atomic E-state index is 13.5. The normalized spacial score (nSPS) is 16.1. The molecule has 0 spiro atoms. The first kappa shape index (κ1) is 21.1. The van der Waals surface area contributed by atoms with Gasteiger partial charge in [0.05, 0.1) is 18.4 Å². The molecule has 1 unspecified atom stereocenters. The van der Waals surface area contributed by atoms with Crippen LogP contribution >= 0.6 is 15.9 Å². The summed E-state index contributed by atoms with van der Waals surface area (Å²) in [7, 11) is 0. The van der Waals surface area contributed by atoms with Gasteiger partial charge >= 0.3 is 0 Å². The van der Waals surface area contributed by atoms with Crippen molar-refractivity contribution in [1.29, 1.82) is 0 Å². The fraction of sp³-hybridized carbons (Fsp3) is 0.120. The van der Waals surface area contributed by atoms with E-state index in [9.17, 15) is 14.7 Å². The molecule has 8 heteroatoms. The summed E-state index contributed by atoms with van der Waals surface area (Å²) in [4.78, 5) is 28.0. The lowest BCUT2D eigenvalue weighted by atomic mass is 9.99. The molecule has 4 aromatic rings. The van der Waals surface area contributed by atoms with Gasteiger partial charge in [-0.1, -0.05) is 15.9 Å². The van der Waals surface area contributed by atoms with Crippen LogP contribution in [0.4, 0.5) is 5.69 Å². The lowest BCUT2D eigenvalue weighted by Crippen LogP contribution is -2.30. The molecule has 0 saturated carbocycles. The molecular weight excluding hydrogens is 490 g/mol. The molecule has 5 rings (SSSR count). The minimum atomic E-state index is -0.960. The summed E-state index contributed by atoms with van der Waals surface area (Å²) < 4.78 is 17.6. The fourth-order valence-electron chi connectivity index (χ4n) is 3.95. The fourth-order valence-corrected chi connectivity index (χ4v) is 4.33. The van der Waals surface area contributed by atoms with Gasteiger partial charge in [-0.15, -0.1) is 0 Å². The van der Waals surface area contributed by atoms with Crippen molar-refractivity contribution >= 4 is 44.3 Å². The highest BCUT2D eigenvalue weighted by Gasteiger charge is 2.46. The Kier molecular flexibility index (Phi) is 5.30. The van der Waals surface area contributed by atoms with E-state index in [0.29, 0.717) is 29.4 Å². The Balaban J connectivity index is 1.59. The third kappa shape index (κ3) is 3.62. The summed E-state index contributed by atoms with van der Waals surface area (Å²) >= 11 is 3.40. The van der Waals surface area contributed by atoms with E-state index >= 15 is 0 Å². The molecule has 0 radical (unpaired) electrons.